The average Bonchev–Trinajstić information content (AvgIpc) is 3.11. The predicted molar refractivity (Wildman–Crippen MR) is 101 cm³/mol. The Labute approximate surface area is 155 Å². The van der Waals surface area contributed by atoms with E-state index < -0.39 is 0 Å². The van der Waals surface area contributed by atoms with Crippen molar-refractivity contribution in [3.8, 4) is 5.75 Å². The van der Waals surface area contributed by atoms with Crippen LogP contribution in [0.5, 0.6) is 5.75 Å². The van der Waals surface area contributed by atoms with Crippen molar-refractivity contribution in [2.75, 3.05) is 5.32 Å². The lowest BCUT2D eigenvalue weighted by atomic mass is 10.0. The molecule has 3 rings (SSSR count). The lowest BCUT2D eigenvalue weighted by Crippen LogP contribution is -2.14. The van der Waals surface area contributed by atoms with E-state index in [0.717, 1.165) is 11.3 Å². The Bertz CT molecular complexity index is 891. The van der Waals surface area contributed by atoms with Crippen molar-refractivity contribution in [3.63, 3.8) is 0 Å². The number of thiazole rings is 1. The average molecular weight is 370 g/mol. The molecule has 0 radical (unpaired) electrons. The molecule has 0 bridgehead atoms. The van der Waals surface area contributed by atoms with E-state index in [1.807, 2.05) is 24.3 Å². The number of ether oxygens (including phenoxy) is 1. The monoisotopic (exact) mass is 370 g/mol. The summed E-state index contributed by atoms with van der Waals surface area (Å²) in [6, 6.07) is 13.5. The van der Waals surface area contributed by atoms with Crippen LogP contribution in [0.3, 0.4) is 0 Å². The van der Waals surface area contributed by atoms with E-state index in [0.29, 0.717) is 22.4 Å². The second-order valence-electron chi connectivity index (χ2n) is 6.07. The quantitative estimate of drug-likeness (QED) is 0.646. The van der Waals surface area contributed by atoms with Gasteiger partial charge in [0.2, 0.25) is 0 Å². The van der Waals surface area contributed by atoms with Gasteiger partial charge in [-0.25, -0.2) is 9.37 Å². The smallest absolute Gasteiger partial charge is 0.275 e. The van der Waals surface area contributed by atoms with Crippen LogP contribution in [0.25, 0.3) is 0 Å². The largest absolute Gasteiger partial charge is 0.486 e. The SMILES string of the molecule is CC(C)c1ccccc1NC(=O)c1csc(COc2ccc(F)cc2)n1. The molecule has 0 aliphatic carbocycles. The Morgan fingerprint density at radius 1 is 1.19 bits per heavy atom. The van der Waals surface area contributed by atoms with E-state index in [1.54, 1.807) is 17.5 Å². The number of hydrogen-bond donors (Lipinski definition) is 1. The number of nitrogens with zero attached hydrogens (tertiary/aromatic N) is 1. The van der Waals surface area contributed by atoms with Gasteiger partial charge in [0.1, 0.15) is 28.9 Å². The first-order chi connectivity index (χ1) is 12.5. The van der Waals surface area contributed by atoms with Gasteiger partial charge in [-0.2, -0.15) is 0 Å². The van der Waals surface area contributed by atoms with Gasteiger partial charge >= 0.3 is 0 Å². The summed E-state index contributed by atoms with van der Waals surface area (Å²) in [7, 11) is 0. The van der Waals surface area contributed by atoms with E-state index in [4.69, 9.17) is 4.74 Å². The van der Waals surface area contributed by atoms with Gasteiger partial charge in [0.05, 0.1) is 0 Å². The van der Waals surface area contributed by atoms with Gasteiger partial charge in [-0.05, 0) is 41.8 Å². The third-order valence-corrected chi connectivity index (χ3v) is 4.61. The van der Waals surface area contributed by atoms with E-state index in [1.165, 1.54) is 23.5 Å². The Hall–Kier alpha value is -2.73. The highest BCUT2D eigenvalue weighted by atomic mass is 32.1. The highest BCUT2D eigenvalue weighted by molar-refractivity contribution is 7.09. The van der Waals surface area contributed by atoms with Crippen LogP contribution in [0.1, 0.15) is 40.8 Å². The number of anilines is 1. The standard InChI is InChI=1S/C20H19FN2O2S/c1-13(2)16-5-3-4-6-17(16)23-20(24)18-12-26-19(22-18)11-25-15-9-7-14(21)8-10-15/h3-10,12-13H,11H2,1-2H3,(H,23,24). The summed E-state index contributed by atoms with van der Waals surface area (Å²) in [6.07, 6.45) is 0. The molecule has 0 atom stereocenters. The highest BCUT2D eigenvalue weighted by Crippen LogP contribution is 2.24. The minimum absolute atomic E-state index is 0.228. The maximum Gasteiger partial charge on any atom is 0.275 e. The molecular formula is C20H19FN2O2S. The number of benzene rings is 2. The van der Waals surface area contributed by atoms with Crippen molar-refractivity contribution in [1.82, 2.24) is 4.98 Å². The molecule has 0 fully saturated rings. The summed E-state index contributed by atoms with van der Waals surface area (Å²) in [4.78, 5) is 16.8. The topological polar surface area (TPSA) is 51.2 Å². The van der Waals surface area contributed by atoms with Gasteiger partial charge in [-0.1, -0.05) is 32.0 Å². The van der Waals surface area contributed by atoms with E-state index in [2.05, 4.69) is 24.1 Å². The summed E-state index contributed by atoms with van der Waals surface area (Å²) >= 11 is 1.35. The Morgan fingerprint density at radius 3 is 2.65 bits per heavy atom. The van der Waals surface area contributed by atoms with Crippen molar-refractivity contribution in [2.24, 2.45) is 0 Å². The number of carbonyl (C=O) groups excluding carboxylic acids is 1. The maximum absolute atomic E-state index is 12.9. The lowest BCUT2D eigenvalue weighted by molar-refractivity contribution is 0.102. The molecule has 0 saturated heterocycles. The Morgan fingerprint density at radius 2 is 1.92 bits per heavy atom. The first kappa shape index (κ1) is 18.1. The number of aromatic nitrogens is 1. The molecule has 1 amide bonds. The van der Waals surface area contributed by atoms with Crippen molar-refractivity contribution in [2.45, 2.75) is 26.4 Å². The van der Waals surface area contributed by atoms with Crippen LogP contribution in [0.2, 0.25) is 0 Å². The molecule has 1 aromatic heterocycles. The molecular weight excluding hydrogens is 351 g/mol. The second kappa shape index (κ2) is 8.10. The van der Waals surface area contributed by atoms with Gasteiger partial charge in [0, 0.05) is 11.1 Å². The summed E-state index contributed by atoms with van der Waals surface area (Å²) in [5.74, 6) is 0.301. The molecule has 0 aliphatic heterocycles. The molecule has 1 N–H and O–H groups in total. The van der Waals surface area contributed by atoms with Crippen LogP contribution in [0, 0.1) is 5.82 Å². The van der Waals surface area contributed by atoms with E-state index in [9.17, 15) is 9.18 Å². The summed E-state index contributed by atoms with van der Waals surface area (Å²) in [5.41, 5.74) is 2.23. The maximum atomic E-state index is 12.9. The van der Waals surface area contributed by atoms with Gasteiger partial charge < -0.3 is 10.1 Å². The minimum Gasteiger partial charge on any atom is -0.486 e. The third kappa shape index (κ3) is 4.46. The van der Waals surface area contributed by atoms with E-state index >= 15 is 0 Å². The normalized spacial score (nSPS) is 10.8. The molecule has 6 heteroatoms. The lowest BCUT2D eigenvalue weighted by Gasteiger charge is -2.12. The van der Waals surface area contributed by atoms with Crippen LogP contribution in [0.15, 0.2) is 53.9 Å². The Balaban J connectivity index is 1.64. The summed E-state index contributed by atoms with van der Waals surface area (Å²) in [6.45, 7) is 4.39. The fraction of sp³-hybridized carbons (Fsp3) is 0.200. The molecule has 1 heterocycles. The second-order valence-corrected chi connectivity index (χ2v) is 7.01. The highest BCUT2D eigenvalue weighted by Gasteiger charge is 2.14. The van der Waals surface area contributed by atoms with Crippen LogP contribution < -0.4 is 10.1 Å². The molecule has 0 aliphatic rings. The van der Waals surface area contributed by atoms with Gasteiger partial charge in [-0.15, -0.1) is 11.3 Å². The van der Waals surface area contributed by atoms with Crippen LogP contribution in [0.4, 0.5) is 10.1 Å². The van der Waals surface area contributed by atoms with Crippen LogP contribution in [-0.4, -0.2) is 10.9 Å². The van der Waals surface area contributed by atoms with Crippen LogP contribution >= 0.6 is 11.3 Å². The molecule has 0 spiro atoms. The van der Waals surface area contributed by atoms with Crippen molar-refractivity contribution >= 4 is 22.9 Å². The van der Waals surface area contributed by atoms with Gasteiger partial charge in [0.25, 0.3) is 5.91 Å². The van der Waals surface area contributed by atoms with Gasteiger partial charge in [0.15, 0.2) is 0 Å². The first-order valence-electron chi connectivity index (χ1n) is 8.26. The minimum atomic E-state index is -0.313. The summed E-state index contributed by atoms with van der Waals surface area (Å²) < 4.78 is 18.4. The van der Waals surface area contributed by atoms with Crippen molar-refractivity contribution in [3.05, 3.63) is 76.0 Å². The molecule has 0 unspecified atom stereocenters. The number of rotatable bonds is 6. The van der Waals surface area contributed by atoms with Crippen molar-refractivity contribution < 1.29 is 13.9 Å². The first-order valence-corrected chi connectivity index (χ1v) is 9.14. The zero-order valence-corrected chi connectivity index (χ0v) is 15.3. The molecule has 2 aromatic carbocycles. The van der Waals surface area contributed by atoms with Gasteiger partial charge in [-0.3, -0.25) is 4.79 Å². The third-order valence-electron chi connectivity index (χ3n) is 3.79. The molecule has 3 aromatic rings. The Kier molecular flexibility index (Phi) is 5.63. The number of halogens is 1. The number of para-hydroxylation sites is 1. The predicted octanol–water partition coefficient (Wildman–Crippen LogP) is 5.24. The fourth-order valence-corrected chi connectivity index (χ4v) is 3.14. The summed E-state index contributed by atoms with van der Waals surface area (Å²) in [5, 5.41) is 5.31. The zero-order valence-electron chi connectivity index (χ0n) is 14.5. The number of nitrogens with one attached hydrogen (secondary N) is 1. The number of amides is 1. The molecule has 4 nitrogen and oxygen atoms in total. The fourth-order valence-electron chi connectivity index (χ4n) is 2.46. The molecule has 26 heavy (non-hydrogen) atoms. The van der Waals surface area contributed by atoms with Crippen LogP contribution in [-0.2, 0) is 6.61 Å². The van der Waals surface area contributed by atoms with Crippen molar-refractivity contribution in [1.29, 1.82) is 0 Å². The molecule has 0 saturated carbocycles. The number of carbonyl (C=O) groups is 1. The van der Waals surface area contributed by atoms with E-state index in [-0.39, 0.29) is 18.3 Å². The molecule has 134 valence electrons. The number of hydrogen-bond acceptors (Lipinski definition) is 4. The zero-order chi connectivity index (χ0) is 18.5.